The van der Waals surface area contributed by atoms with Gasteiger partial charge in [0.2, 0.25) is 0 Å². The lowest BCUT2D eigenvalue weighted by molar-refractivity contribution is -0.209. The zero-order chi connectivity index (χ0) is 28.7. The first-order valence-corrected chi connectivity index (χ1v) is 13.2. The minimum Gasteiger partial charge on any atom is -0.454 e. The van der Waals surface area contributed by atoms with Gasteiger partial charge in [0.15, 0.2) is 23.7 Å². The molecule has 1 spiro atoms. The summed E-state index contributed by atoms with van der Waals surface area (Å²) < 4.78 is 13.0. The highest BCUT2D eigenvalue weighted by Crippen LogP contribution is 2.58. The normalized spacial score (nSPS) is 25.9. The number of nitrogens with zero attached hydrogens (tertiary/aromatic N) is 4. The molecule has 0 unspecified atom stereocenters. The highest BCUT2D eigenvalue weighted by molar-refractivity contribution is 6.05. The number of amides is 1. The molecule has 0 aliphatic carbocycles. The molecule has 4 atom stereocenters. The number of hydrogen-bond donors (Lipinski definition) is 1. The van der Waals surface area contributed by atoms with Crippen molar-refractivity contribution in [3.63, 3.8) is 0 Å². The first-order valence-electron chi connectivity index (χ1n) is 13.2. The van der Waals surface area contributed by atoms with E-state index in [4.69, 9.17) is 14.5 Å². The van der Waals surface area contributed by atoms with Gasteiger partial charge in [-0.05, 0) is 38.0 Å². The summed E-state index contributed by atoms with van der Waals surface area (Å²) in [5.74, 6) is -1.77. The lowest BCUT2D eigenvalue weighted by Crippen LogP contribution is -2.52. The van der Waals surface area contributed by atoms with Crippen molar-refractivity contribution >= 4 is 34.4 Å². The Labute approximate surface area is 229 Å². The molecule has 11 heteroatoms. The van der Waals surface area contributed by atoms with E-state index in [-0.39, 0.29) is 24.1 Å². The number of rotatable bonds is 4. The van der Waals surface area contributed by atoms with Gasteiger partial charge in [0.05, 0.1) is 16.6 Å². The van der Waals surface area contributed by atoms with Crippen LogP contribution in [0, 0.1) is 5.92 Å². The van der Waals surface area contributed by atoms with E-state index in [1.165, 1.54) is 16.4 Å². The van der Waals surface area contributed by atoms with Crippen molar-refractivity contribution in [2.75, 3.05) is 4.90 Å². The standard InChI is InChI=1S/C29H30N4O7/c1-15(2)22(39-16(3)34)23-30-19-12-8-6-10-17(19)24(35)31(23)21-14-29(40-25(21)36)18-11-7-9-13-20(18)32-26(29)33(38)28(4,5)27(32)37/h6-13,15,21-22,26,38H,14H2,1-5H3/t21-,22-,26-,29-/m1/s1. The van der Waals surface area contributed by atoms with Gasteiger partial charge in [-0.15, -0.1) is 5.06 Å². The number of benzene rings is 2. The summed E-state index contributed by atoms with van der Waals surface area (Å²) in [6.45, 7) is 8.13. The topological polar surface area (TPSA) is 131 Å². The largest absolute Gasteiger partial charge is 0.454 e. The predicted octanol–water partition coefficient (Wildman–Crippen LogP) is 3.20. The third-order valence-corrected chi connectivity index (χ3v) is 8.18. The van der Waals surface area contributed by atoms with Crippen LogP contribution in [0.4, 0.5) is 5.69 Å². The second kappa shape index (κ2) is 8.70. The molecule has 208 valence electrons. The fourth-order valence-corrected chi connectivity index (χ4v) is 6.26. The van der Waals surface area contributed by atoms with Crippen molar-refractivity contribution in [1.82, 2.24) is 14.6 Å². The number of anilines is 1. The molecule has 6 rings (SSSR count). The lowest BCUT2D eigenvalue weighted by atomic mass is 9.87. The van der Waals surface area contributed by atoms with E-state index in [1.807, 2.05) is 13.8 Å². The number of para-hydroxylation sites is 2. The van der Waals surface area contributed by atoms with Gasteiger partial charge in [0.1, 0.15) is 11.6 Å². The Kier molecular flexibility index (Phi) is 5.69. The van der Waals surface area contributed by atoms with Crippen molar-refractivity contribution in [1.29, 1.82) is 0 Å². The number of carbonyl (C=O) groups is 3. The number of esters is 2. The molecule has 3 aliphatic heterocycles. The predicted molar refractivity (Wildman–Crippen MR) is 142 cm³/mol. The number of ether oxygens (including phenoxy) is 2. The Hall–Kier alpha value is -4.09. The van der Waals surface area contributed by atoms with Gasteiger partial charge in [0.25, 0.3) is 11.5 Å². The zero-order valence-corrected chi connectivity index (χ0v) is 22.8. The van der Waals surface area contributed by atoms with E-state index >= 15 is 0 Å². The average molecular weight is 547 g/mol. The second-order valence-corrected chi connectivity index (χ2v) is 11.4. The Balaban J connectivity index is 1.57. The minimum absolute atomic E-state index is 0.0672. The van der Waals surface area contributed by atoms with Gasteiger partial charge in [0, 0.05) is 18.9 Å². The quantitative estimate of drug-likeness (QED) is 0.490. The summed E-state index contributed by atoms with van der Waals surface area (Å²) in [4.78, 5) is 59.6. The van der Waals surface area contributed by atoms with E-state index in [1.54, 1.807) is 62.4 Å². The maximum Gasteiger partial charge on any atom is 0.330 e. The summed E-state index contributed by atoms with van der Waals surface area (Å²) in [5, 5.41) is 12.5. The summed E-state index contributed by atoms with van der Waals surface area (Å²) in [5.41, 5.74) is -1.74. The monoisotopic (exact) mass is 546 g/mol. The molecule has 4 heterocycles. The average Bonchev–Trinajstić information content (AvgIpc) is 3.45. The van der Waals surface area contributed by atoms with E-state index in [0.29, 0.717) is 22.2 Å². The van der Waals surface area contributed by atoms with Crippen molar-refractivity contribution in [3.8, 4) is 0 Å². The molecule has 0 radical (unpaired) electrons. The molecule has 1 amide bonds. The third kappa shape index (κ3) is 3.40. The zero-order valence-electron chi connectivity index (χ0n) is 22.8. The lowest BCUT2D eigenvalue weighted by Gasteiger charge is -2.35. The van der Waals surface area contributed by atoms with Crippen LogP contribution < -0.4 is 10.5 Å². The number of hydroxylamine groups is 2. The van der Waals surface area contributed by atoms with Gasteiger partial charge in [-0.3, -0.25) is 23.9 Å². The fourth-order valence-electron chi connectivity index (χ4n) is 6.26. The van der Waals surface area contributed by atoms with Crippen LogP contribution in [0.15, 0.2) is 53.3 Å². The van der Waals surface area contributed by atoms with Crippen LogP contribution in [0.5, 0.6) is 0 Å². The molecular weight excluding hydrogens is 516 g/mol. The van der Waals surface area contributed by atoms with Crippen LogP contribution in [0.25, 0.3) is 10.9 Å². The van der Waals surface area contributed by atoms with Gasteiger partial charge in [-0.1, -0.05) is 44.2 Å². The van der Waals surface area contributed by atoms with Gasteiger partial charge in [-0.25, -0.2) is 9.78 Å². The van der Waals surface area contributed by atoms with Gasteiger partial charge < -0.3 is 14.7 Å². The number of aromatic nitrogens is 2. The molecule has 1 aromatic heterocycles. The maximum absolute atomic E-state index is 14.0. The van der Waals surface area contributed by atoms with Crippen LogP contribution in [-0.2, 0) is 29.5 Å². The first kappa shape index (κ1) is 26.1. The summed E-state index contributed by atoms with van der Waals surface area (Å²) in [6.07, 6.45) is -2.03. The van der Waals surface area contributed by atoms with Crippen molar-refractivity contribution in [2.45, 2.75) is 70.5 Å². The molecule has 3 aliphatic rings. The summed E-state index contributed by atoms with van der Waals surface area (Å²) in [6, 6.07) is 12.6. The van der Waals surface area contributed by atoms with E-state index < -0.39 is 46.9 Å². The molecule has 2 aromatic carbocycles. The molecule has 11 nitrogen and oxygen atoms in total. The highest BCUT2D eigenvalue weighted by atomic mass is 16.6. The Bertz CT molecular complexity index is 1650. The van der Waals surface area contributed by atoms with Crippen molar-refractivity contribution < 1.29 is 29.1 Å². The van der Waals surface area contributed by atoms with E-state index in [2.05, 4.69) is 0 Å². The first-order chi connectivity index (χ1) is 18.9. The molecule has 40 heavy (non-hydrogen) atoms. The van der Waals surface area contributed by atoms with Crippen LogP contribution in [0.1, 0.15) is 64.6 Å². The van der Waals surface area contributed by atoms with Crippen molar-refractivity contribution in [2.24, 2.45) is 5.92 Å². The minimum atomic E-state index is -1.46. The van der Waals surface area contributed by atoms with Gasteiger partial charge in [-0.2, -0.15) is 0 Å². The maximum atomic E-state index is 14.0. The molecule has 3 aromatic rings. The SMILES string of the molecule is CC(=O)O[C@@H](c1nc2ccccc2c(=O)n1[C@@H]1C[C@@]2(OC1=O)c1ccccc1N1C(=O)C(C)(C)N(O)[C@@H]12)C(C)C. The Morgan fingerprint density at radius 2 is 1.77 bits per heavy atom. The Morgan fingerprint density at radius 3 is 2.48 bits per heavy atom. The summed E-state index contributed by atoms with van der Waals surface area (Å²) in [7, 11) is 0. The van der Waals surface area contributed by atoms with Crippen LogP contribution in [0.3, 0.4) is 0 Å². The number of hydrogen-bond acceptors (Lipinski definition) is 9. The highest BCUT2D eigenvalue weighted by Gasteiger charge is 2.70. The molecular formula is C29H30N4O7. The Morgan fingerprint density at radius 1 is 1.10 bits per heavy atom. The van der Waals surface area contributed by atoms with Gasteiger partial charge >= 0.3 is 11.9 Å². The number of carbonyl (C=O) groups excluding carboxylic acids is 3. The van der Waals surface area contributed by atoms with Crippen molar-refractivity contribution in [3.05, 3.63) is 70.3 Å². The van der Waals surface area contributed by atoms with E-state index in [0.717, 1.165) is 5.06 Å². The number of fused-ring (bicyclic) bond motifs is 6. The van der Waals surface area contributed by atoms with E-state index in [9.17, 15) is 24.4 Å². The van der Waals surface area contributed by atoms with Crippen LogP contribution in [-0.4, -0.2) is 49.4 Å². The summed E-state index contributed by atoms with van der Waals surface area (Å²) >= 11 is 0. The van der Waals surface area contributed by atoms with Crippen LogP contribution in [0.2, 0.25) is 0 Å². The molecule has 1 N–H and O–H groups in total. The smallest absolute Gasteiger partial charge is 0.330 e. The fraction of sp³-hybridized carbons (Fsp3) is 0.414. The third-order valence-electron chi connectivity index (χ3n) is 8.18. The molecule has 0 saturated carbocycles. The molecule has 0 bridgehead atoms. The second-order valence-electron chi connectivity index (χ2n) is 11.4. The molecule has 2 fully saturated rings. The molecule has 2 saturated heterocycles. The van der Waals surface area contributed by atoms with Crippen LogP contribution >= 0.6 is 0 Å².